The molecule has 0 unspecified atom stereocenters. The Balaban J connectivity index is 1.54. The van der Waals surface area contributed by atoms with Crippen molar-refractivity contribution in [2.75, 3.05) is 12.5 Å². The summed E-state index contributed by atoms with van der Waals surface area (Å²) in [4.78, 5) is 12.3. The summed E-state index contributed by atoms with van der Waals surface area (Å²) >= 11 is 7.54. The van der Waals surface area contributed by atoms with E-state index in [2.05, 4.69) is 5.32 Å². The van der Waals surface area contributed by atoms with E-state index in [1.807, 2.05) is 56.3 Å². The second-order valence-electron chi connectivity index (χ2n) is 6.36. The predicted molar refractivity (Wildman–Crippen MR) is 101 cm³/mol. The SMILES string of the molecule is CC(C)(NC(=O)CSCc1cccc(Cl)c1)c1ccc2c(c1)OCO2. The summed E-state index contributed by atoms with van der Waals surface area (Å²) < 4.78 is 10.7. The molecule has 0 radical (unpaired) electrons. The topological polar surface area (TPSA) is 47.6 Å². The first-order valence-electron chi connectivity index (χ1n) is 7.97. The van der Waals surface area contributed by atoms with E-state index >= 15 is 0 Å². The molecule has 1 heterocycles. The van der Waals surface area contributed by atoms with E-state index in [0.29, 0.717) is 10.8 Å². The second-order valence-corrected chi connectivity index (χ2v) is 7.79. The van der Waals surface area contributed by atoms with Gasteiger partial charge in [-0.15, -0.1) is 11.8 Å². The minimum Gasteiger partial charge on any atom is -0.454 e. The summed E-state index contributed by atoms with van der Waals surface area (Å²) in [6.45, 7) is 4.19. The van der Waals surface area contributed by atoms with Crippen molar-refractivity contribution in [1.29, 1.82) is 0 Å². The molecule has 3 rings (SSSR count). The summed E-state index contributed by atoms with van der Waals surface area (Å²) in [5.74, 6) is 2.59. The van der Waals surface area contributed by atoms with Gasteiger partial charge >= 0.3 is 0 Å². The summed E-state index contributed by atoms with van der Waals surface area (Å²) in [7, 11) is 0. The Morgan fingerprint density at radius 2 is 2.00 bits per heavy atom. The monoisotopic (exact) mass is 377 g/mol. The van der Waals surface area contributed by atoms with Crippen LogP contribution in [-0.2, 0) is 16.1 Å². The number of carbonyl (C=O) groups excluding carboxylic acids is 1. The molecule has 0 atom stereocenters. The molecule has 1 amide bonds. The van der Waals surface area contributed by atoms with Crippen LogP contribution >= 0.6 is 23.4 Å². The normalized spacial score (nSPS) is 12.9. The highest BCUT2D eigenvalue weighted by Crippen LogP contribution is 2.35. The smallest absolute Gasteiger partial charge is 0.231 e. The minimum absolute atomic E-state index is 0.00491. The summed E-state index contributed by atoms with van der Waals surface area (Å²) in [6.07, 6.45) is 0. The fraction of sp³-hybridized carbons (Fsp3) is 0.316. The molecule has 0 aromatic heterocycles. The molecule has 132 valence electrons. The van der Waals surface area contributed by atoms with Gasteiger partial charge in [0.25, 0.3) is 0 Å². The Kier molecular flexibility index (Phi) is 5.45. The number of carbonyl (C=O) groups is 1. The maximum atomic E-state index is 12.3. The zero-order chi connectivity index (χ0) is 17.9. The van der Waals surface area contributed by atoms with Crippen molar-refractivity contribution < 1.29 is 14.3 Å². The Morgan fingerprint density at radius 1 is 1.20 bits per heavy atom. The van der Waals surface area contributed by atoms with Crippen LogP contribution in [0.1, 0.15) is 25.0 Å². The van der Waals surface area contributed by atoms with Crippen LogP contribution in [-0.4, -0.2) is 18.5 Å². The lowest BCUT2D eigenvalue weighted by molar-refractivity contribution is -0.120. The van der Waals surface area contributed by atoms with Crippen LogP contribution in [0.5, 0.6) is 11.5 Å². The number of ether oxygens (including phenoxy) is 2. The maximum Gasteiger partial charge on any atom is 0.231 e. The first kappa shape index (κ1) is 18.0. The second kappa shape index (κ2) is 7.58. The van der Waals surface area contributed by atoms with E-state index in [9.17, 15) is 4.79 Å². The summed E-state index contributed by atoms with van der Waals surface area (Å²) in [5, 5.41) is 3.79. The van der Waals surface area contributed by atoms with Gasteiger partial charge in [0.2, 0.25) is 12.7 Å². The lowest BCUT2D eigenvalue weighted by atomic mass is 9.94. The molecule has 0 fully saturated rings. The molecule has 2 aromatic rings. The van der Waals surface area contributed by atoms with Crippen molar-refractivity contribution in [2.45, 2.75) is 25.1 Å². The molecule has 25 heavy (non-hydrogen) atoms. The van der Waals surface area contributed by atoms with E-state index in [0.717, 1.165) is 28.4 Å². The van der Waals surface area contributed by atoms with Gasteiger partial charge in [-0.05, 0) is 49.2 Å². The van der Waals surface area contributed by atoms with Crippen molar-refractivity contribution >= 4 is 29.3 Å². The van der Waals surface area contributed by atoms with Crippen LogP contribution in [0.25, 0.3) is 0 Å². The van der Waals surface area contributed by atoms with Gasteiger partial charge in [-0.3, -0.25) is 4.79 Å². The van der Waals surface area contributed by atoms with Gasteiger partial charge in [0.15, 0.2) is 11.5 Å². The van der Waals surface area contributed by atoms with Gasteiger partial charge in [0, 0.05) is 10.8 Å². The molecule has 0 saturated carbocycles. The van der Waals surface area contributed by atoms with Crippen molar-refractivity contribution in [3.05, 3.63) is 58.6 Å². The Labute approximate surface area is 156 Å². The fourth-order valence-corrected chi connectivity index (χ4v) is 3.62. The van der Waals surface area contributed by atoms with Crippen LogP contribution in [0.2, 0.25) is 5.02 Å². The Hall–Kier alpha value is -1.85. The van der Waals surface area contributed by atoms with E-state index in [-0.39, 0.29) is 12.7 Å². The number of halogens is 1. The highest BCUT2D eigenvalue weighted by Gasteiger charge is 2.25. The molecule has 1 N–H and O–H groups in total. The number of amides is 1. The van der Waals surface area contributed by atoms with Gasteiger partial charge in [-0.2, -0.15) is 0 Å². The largest absolute Gasteiger partial charge is 0.454 e. The molecular formula is C19H20ClNO3S. The molecule has 1 aliphatic rings. The van der Waals surface area contributed by atoms with Gasteiger partial charge in [-0.1, -0.05) is 29.8 Å². The maximum absolute atomic E-state index is 12.3. The lowest BCUT2D eigenvalue weighted by Crippen LogP contribution is -2.41. The third-order valence-electron chi connectivity index (χ3n) is 3.94. The summed E-state index contributed by atoms with van der Waals surface area (Å²) in [5.41, 5.74) is 1.60. The quantitative estimate of drug-likeness (QED) is 0.812. The molecule has 0 aliphatic carbocycles. The Morgan fingerprint density at radius 3 is 2.80 bits per heavy atom. The van der Waals surface area contributed by atoms with Crippen molar-refractivity contribution in [3.63, 3.8) is 0 Å². The molecule has 4 nitrogen and oxygen atoms in total. The average Bonchev–Trinajstić information content (AvgIpc) is 3.02. The number of thioether (sulfide) groups is 1. The van der Waals surface area contributed by atoms with E-state index in [4.69, 9.17) is 21.1 Å². The highest BCUT2D eigenvalue weighted by atomic mass is 35.5. The van der Waals surface area contributed by atoms with Crippen LogP contribution in [0, 0.1) is 0 Å². The van der Waals surface area contributed by atoms with Crippen LogP contribution in [0.4, 0.5) is 0 Å². The minimum atomic E-state index is -0.491. The number of benzene rings is 2. The van der Waals surface area contributed by atoms with E-state index < -0.39 is 5.54 Å². The molecular weight excluding hydrogens is 358 g/mol. The zero-order valence-corrected chi connectivity index (χ0v) is 15.7. The lowest BCUT2D eigenvalue weighted by Gasteiger charge is -2.27. The van der Waals surface area contributed by atoms with Crippen LogP contribution in [0.15, 0.2) is 42.5 Å². The molecule has 0 bridgehead atoms. The van der Waals surface area contributed by atoms with Gasteiger partial charge in [0.1, 0.15) is 0 Å². The standard InChI is InChI=1S/C19H20ClNO3S/c1-19(2,14-6-7-16-17(9-14)24-12-23-16)21-18(22)11-25-10-13-4-3-5-15(20)8-13/h3-9H,10-12H2,1-2H3,(H,21,22). The fourth-order valence-electron chi connectivity index (χ4n) is 2.63. The number of fused-ring (bicyclic) bond motifs is 1. The average molecular weight is 378 g/mol. The third kappa shape index (κ3) is 4.61. The first-order chi connectivity index (χ1) is 11.9. The molecule has 2 aromatic carbocycles. The van der Waals surface area contributed by atoms with Crippen LogP contribution < -0.4 is 14.8 Å². The predicted octanol–water partition coefficient (Wildman–Crippen LogP) is 4.35. The molecule has 0 spiro atoms. The number of nitrogens with one attached hydrogen (secondary N) is 1. The number of rotatable bonds is 6. The zero-order valence-electron chi connectivity index (χ0n) is 14.2. The van der Waals surface area contributed by atoms with Crippen LogP contribution in [0.3, 0.4) is 0 Å². The number of hydrogen-bond acceptors (Lipinski definition) is 4. The molecule has 1 aliphatic heterocycles. The number of hydrogen-bond donors (Lipinski definition) is 1. The van der Waals surface area contributed by atoms with E-state index in [1.165, 1.54) is 0 Å². The van der Waals surface area contributed by atoms with Gasteiger partial charge < -0.3 is 14.8 Å². The Bertz CT molecular complexity index is 779. The van der Waals surface area contributed by atoms with Crippen molar-refractivity contribution in [2.24, 2.45) is 0 Å². The van der Waals surface area contributed by atoms with E-state index in [1.54, 1.807) is 11.8 Å². The van der Waals surface area contributed by atoms with Gasteiger partial charge in [-0.25, -0.2) is 0 Å². The first-order valence-corrected chi connectivity index (χ1v) is 9.51. The third-order valence-corrected chi connectivity index (χ3v) is 5.18. The highest BCUT2D eigenvalue weighted by molar-refractivity contribution is 7.99. The molecule has 0 saturated heterocycles. The summed E-state index contributed by atoms with van der Waals surface area (Å²) in [6, 6.07) is 13.4. The van der Waals surface area contributed by atoms with Crippen molar-refractivity contribution in [3.8, 4) is 11.5 Å². The van der Waals surface area contributed by atoms with Gasteiger partial charge in [0.05, 0.1) is 11.3 Å². The molecule has 6 heteroatoms. The van der Waals surface area contributed by atoms with Crippen molar-refractivity contribution in [1.82, 2.24) is 5.32 Å².